The Kier molecular flexibility index (Phi) is 10.9. The lowest BCUT2D eigenvalue weighted by Crippen LogP contribution is -2.53. The van der Waals surface area contributed by atoms with Gasteiger partial charge < -0.3 is 9.53 Å². The van der Waals surface area contributed by atoms with E-state index >= 15 is 0 Å². The average Bonchev–Trinajstić information content (AvgIpc) is 2.83. The number of benzene rings is 2. The summed E-state index contributed by atoms with van der Waals surface area (Å²) >= 11 is 0. The molecule has 0 heterocycles. The van der Waals surface area contributed by atoms with E-state index in [0.717, 1.165) is 11.1 Å². The van der Waals surface area contributed by atoms with Crippen LogP contribution in [0.25, 0.3) is 0 Å². The summed E-state index contributed by atoms with van der Waals surface area (Å²) in [5.74, 6) is -1.07. The first-order chi connectivity index (χ1) is 17.2. The molecule has 2 aromatic carbocycles. The number of aliphatic hydroxyl groups is 1. The Morgan fingerprint density at radius 1 is 0.865 bits per heavy atom. The van der Waals surface area contributed by atoms with Crippen molar-refractivity contribution in [3.05, 3.63) is 77.9 Å². The zero-order valence-corrected chi connectivity index (χ0v) is 25.1. The molecule has 0 aliphatic rings. The summed E-state index contributed by atoms with van der Waals surface area (Å²) in [5, 5.41) is 10.8. The van der Waals surface area contributed by atoms with Crippen LogP contribution < -0.4 is 4.72 Å². The number of aliphatic hydroxyl groups excluding tert-OH is 1. The van der Waals surface area contributed by atoms with Gasteiger partial charge >= 0.3 is 0 Å². The van der Waals surface area contributed by atoms with Gasteiger partial charge in [-0.2, -0.15) is 0 Å². The molecule has 8 heteroatoms. The fourth-order valence-electron chi connectivity index (χ4n) is 5.11. The second-order valence-electron chi connectivity index (χ2n) is 10.7. The summed E-state index contributed by atoms with van der Waals surface area (Å²) in [4.78, 5) is 13.5. The van der Waals surface area contributed by atoms with Gasteiger partial charge in [-0.05, 0) is 41.2 Å². The third-order valence-electron chi connectivity index (χ3n) is 7.09. The lowest BCUT2D eigenvalue weighted by molar-refractivity contribution is -0.124. The van der Waals surface area contributed by atoms with Crippen LogP contribution in [-0.2, 0) is 19.2 Å². The van der Waals surface area contributed by atoms with Crippen LogP contribution in [0.5, 0.6) is 0 Å². The van der Waals surface area contributed by atoms with Crippen LogP contribution in [-0.4, -0.2) is 33.9 Å². The van der Waals surface area contributed by atoms with Gasteiger partial charge in [-0.1, -0.05) is 109 Å². The topological polar surface area (TPSA) is 92.7 Å². The molecule has 6 nitrogen and oxygen atoms in total. The molecule has 3 atom stereocenters. The summed E-state index contributed by atoms with van der Waals surface area (Å²) in [6.07, 6.45) is 1.44. The fourth-order valence-corrected chi connectivity index (χ4v) is 11.5. The monoisotopic (exact) mass is 545 g/mol. The van der Waals surface area contributed by atoms with E-state index < -0.39 is 36.5 Å². The molecule has 0 aliphatic carbocycles. The number of rotatable bonds is 12. The molecule has 0 aliphatic heterocycles. The lowest BCUT2D eigenvalue weighted by atomic mass is 9.96. The highest BCUT2D eigenvalue weighted by Crippen LogP contribution is 2.43. The Morgan fingerprint density at radius 2 is 1.38 bits per heavy atom. The third-order valence-corrected chi connectivity index (χ3v) is 14.5. The molecular weight excluding hydrogens is 502 g/mol. The number of nitrogens with one attached hydrogen (secondary N) is 1. The summed E-state index contributed by atoms with van der Waals surface area (Å²) < 4.78 is 35.0. The highest BCUT2D eigenvalue weighted by atomic mass is 32.2. The van der Waals surface area contributed by atoms with Crippen molar-refractivity contribution in [2.45, 2.75) is 89.1 Å². The normalized spacial score (nSPS) is 15.4. The van der Waals surface area contributed by atoms with Gasteiger partial charge in [0, 0.05) is 5.92 Å². The van der Waals surface area contributed by atoms with E-state index in [-0.39, 0.29) is 27.4 Å². The Morgan fingerprint density at radius 3 is 1.86 bits per heavy atom. The molecule has 1 amide bonds. The van der Waals surface area contributed by atoms with Gasteiger partial charge in [-0.15, -0.1) is 0 Å². The van der Waals surface area contributed by atoms with Crippen LogP contribution in [0.4, 0.5) is 0 Å². The molecule has 0 saturated carbocycles. The maximum atomic E-state index is 13.5. The molecule has 0 fully saturated rings. The van der Waals surface area contributed by atoms with E-state index in [1.54, 1.807) is 24.3 Å². The van der Waals surface area contributed by atoms with Gasteiger partial charge in [0.1, 0.15) is 6.10 Å². The maximum absolute atomic E-state index is 13.5. The first-order valence-corrected chi connectivity index (χ1v) is 16.6. The van der Waals surface area contributed by atoms with E-state index in [2.05, 4.69) is 46.3 Å². The number of carbonyl (C=O) groups excluding carboxylic acids is 1. The van der Waals surface area contributed by atoms with Crippen LogP contribution in [0.2, 0.25) is 16.6 Å². The molecule has 37 heavy (non-hydrogen) atoms. The molecule has 0 spiro atoms. The van der Waals surface area contributed by atoms with Gasteiger partial charge in [0.05, 0.1) is 11.0 Å². The minimum absolute atomic E-state index is 0.0159. The number of aryl methyl sites for hydroxylation is 1. The van der Waals surface area contributed by atoms with Gasteiger partial charge in [0.15, 0.2) is 0 Å². The Labute approximate surface area is 224 Å². The molecule has 0 bridgehead atoms. The smallest absolute Gasteiger partial charge is 0.265 e. The quantitative estimate of drug-likeness (QED) is 0.242. The Bertz CT molecular complexity index is 1120. The highest BCUT2D eigenvalue weighted by Gasteiger charge is 2.47. The number of hydrogen-bond donors (Lipinski definition) is 2. The van der Waals surface area contributed by atoms with Crippen molar-refractivity contribution in [2.24, 2.45) is 5.92 Å². The first-order valence-electron chi connectivity index (χ1n) is 12.9. The van der Waals surface area contributed by atoms with Gasteiger partial charge in [0.25, 0.3) is 15.9 Å². The lowest BCUT2D eigenvalue weighted by Gasteiger charge is -2.43. The highest BCUT2D eigenvalue weighted by molar-refractivity contribution is 7.90. The summed E-state index contributed by atoms with van der Waals surface area (Å²) in [7, 11) is -6.63. The molecule has 0 aromatic heterocycles. The van der Waals surface area contributed by atoms with Crippen molar-refractivity contribution in [1.29, 1.82) is 0 Å². The third kappa shape index (κ3) is 7.63. The zero-order valence-electron chi connectivity index (χ0n) is 23.3. The van der Waals surface area contributed by atoms with Crippen molar-refractivity contribution >= 4 is 24.2 Å². The van der Waals surface area contributed by atoms with E-state index in [4.69, 9.17) is 4.43 Å². The predicted molar refractivity (Wildman–Crippen MR) is 152 cm³/mol. The van der Waals surface area contributed by atoms with Crippen LogP contribution in [0.3, 0.4) is 0 Å². The van der Waals surface area contributed by atoms with Crippen molar-refractivity contribution < 1.29 is 22.7 Å². The Hall–Kier alpha value is -2.26. The number of amides is 1. The number of sulfonamides is 1. The van der Waals surface area contributed by atoms with E-state index in [1.165, 1.54) is 12.1 Å². The second-order valence-corrected chi connectivity index (χ2v) is 17.8. The molecule has 204 valence electrons. The summed E-state index contributed by atoms with van der Waals surface area (Å²) in [6, 6.07) is 15.6. The SMILES string of the molecule is Cc1ccc(S(=O)(=O)NC(=O)[C@@H](/C=C\[C@H](C)[C@@H](O)c2ccccc2)O[Si](C(C)C)(C(C)C)C(C)C)cc1. The number of hydrogen-bond acceptors (Lipinski definition) is 5. The molecule has 0 unspecified atom stereocenters. The largest absolute Gasteiger partial charge is 0.401 e. The molecule has 2 aromatic rings. The van der Waals surface area contributed by atoms with E-state index in [0.29, 0.717) is 0 Å². The van der Waals surface area contributed by atoms with Crippen LogP contribution in [0.1, 0.15) is 65.7 Å². The minimum Gasteiger partial charge on any atom is -0.401 e. The van der Waals surface area contributed by atoms with Crippen molar-refractivity contribution in [2.75, 3.05) is 0 Å². The van der Waals surface area contributed by atoms with E-state index in [1.807, 2.05) is 44.2 Å². The Balaban J connectivity index is 2.43. The average molecular weight is 546 g/mol. The predicted octanol–water partition coefficient (Wildman–Crippen LogP) is 6.29. The molecule has 2 rings (SSSR count). The van der Waals surface area contributed by atoms with Gasteiger partial charge in [-0.25, -0.2) is 13.1 Å². The van der Waals surface area contributed by atoms with Gasteiger partial charge in [0.2, 0.25) is 8.32 Å². The van der Waals surface area contributed by atoms with Crippen LogP contribution in [0, 0.1) is 12.8 Å². The summed E-state index contributed by atoms with van der Waals surface area (Å²) in [6.45, 7) is 16.4. The van der Waals surface area contributed by atoms with Crippen LogP contribution >= 0.6 is 0 Å². The molecular formula is C29H43NO5SSi. The maximum Gasteiger partial charge on any atom is 0.265 e. The van der Waals surface area contributed by atoms with Crippen molar-refractivity contribution in [3.8, 4) is 0 Å². The number of carbonyl (C=O) groups is 1. The minimum atomic E-state index is -4.08. The van der Waals surface area contributed by atoms with E-state index in [9.17, 15) is 18.3 Å². The zero-order chi connectivity index (χ0) is 28.0. The fraction of sp³-hybridized carbons (Fsp3) is 0.483. The molecule has 2 N–H and O–H groups in total. The van der Waals surface area contributed by atoms with Crippen molar-refractivity contribution in [1.82, 2.24) is 4.72 Å². The second kappa shape index (κ2) is 13.0. The summed E-state index contributed by atoms with van der Waals surface area (Å²) in [5.41, 5.74) is 2.26. The first kappa shape index (κ1) is 31.0. The molecule has 0 radical (unpaired) electrons. The standard InChI is InChI=1S/C29H43NO5SSi/c1-20(2)37(21(3)4,22(5)6)35-27(19-16-24(8)28(31)25-12-10-9-11-13-25)29(32)30-36(33,34)26-17-14-23(7)15-18-26/h9-22,24,27-28,31H,1-8H3,(H,30,32)/b19-16-/t24-,27+,28+/m0/s1. The molecule has 0 saturated heterocycles. The van der Waals surface area contributed by atoms with Crippen molar-refractivity contribution in [3.63, 3.8) is 0 Å². The van der Waals surface area contributed by atoms with Crippen LogP contribution in [0.15, 0.2) is 71.6 Å². The van der Waals surface area contributed by atoms with Gasteiger partial charge in [-0.3, -0.25) is 4.79 Å².